The Hall–Kier alpha value is -2.54. The molecular weight excluding hydrogens is 292 g/mol. The van der Waals surface area contributed by atoms with Gasteiger partial charge in [0.1, 0.15) is 5.82 Å². The van der Waals surface area contributed by atoms with Crippen molar-refractivity contribution in [1.82, 2.24) is 30.3 Å². The van der Waals surface area contributed by atoms with Crippen LogP contribution in [0.25, 0.3) is 11.5 Å². The zero-order valence-corrected chi connectivity index (χ0v) is 12.9. The Bertz CT molecular complexity index is 781. The van der Waals surface area contributed by atoms with Gasteiger partial charge >= 0.3 is 0 Å². The highest BCUT2D eigenvalue weighted by Gasteiger charge is 2.30. The van der Waals surface area contributed by atoms with Gasteiger partial charge < -0.3 is 4.42 Å². The monoisotopic (exact) mass is 310 g/mol. The maximum absolute atomic E-state index is 5.81. The van der Waals surface area contributed by atoms with Crippen molar-refractivity contribution in [2.75, 3.05) is 6.54 Å². The first-order valence-electron chi connectivity index (χ1n) is 7.80. The van der Waals surface area contributed by atoms with Crippen molar-refractivity contribution < 1.29 is 4.42 Å². The second-order valence-corrected chi connectivity index (χ2v) is 5.77. The highest BCUT2D eigenvalue weighted by molar-refractivity contribution is 5.51. The minimum atomic E-state index is 0.215. The molecule has 1 aliphatic rings. The Kier molecular flexibility index (Phi) is 3.63. The summed E-state index contributed by atoms with van der Waals surface area (Å²) in [7, 11) is 0. The van der Waals surface area contributed by atoms with Crippen LogP contribution < -0.4 is 0 Å². The third kappa shape index (κ3) is 2.87. The molecule has 0 unspecified atom stereocenters. The molecule has 1 atom stereocenters. The number of likely N-dealkylation sites (tertiary alicyclic amines) is 1. The van der Waals surface area contributed by atoms with Crippen molar-refractivity contribution in [2.45, 2.75) is 32.4 Å². The SMILES string of the molecule is Cc1nc([C@H]2CCCN2Cc2nnc(-c3ccccc3)o2)n[nH]1. The first kappa shape index (κ1) is 14.1. The summed E-state index contributed by atoms with van der Waals surface area (Å²) in [5, 5.41) is 15.5. The molecule has 1 saturated heterocycles. The second kappa shape index (κ2) is 5.92. The molecular formula is C16H18N6O. The van der Waals surface area contributed by atoms with E-state index in [1.54, 1.807) is 0 Å². The fraction of sp³-hybridized carbons (Fsp3) is 0.375. The summed E-state index contributed by atoms with van der Waals surface area (Å²) in [6.45, 7) is 3.53. The maximum Gasteiger partial charge on any atom is 0.247 e. The molecule has 1 aromatic carbocycles. The summed E-state index contributed by atoms with van der Waals surface area (Å²) in [5.74, 6) is 2.88. The molecule has 0 amide bonds. The molecule has 0 bridgehead atoms. The summed E-state index contributed by atoms with van der Waals surface area (Å²) in [5.41, 5.74) is 0.939. The van der Waals surface area contributed by atoms with Crippen molar-refractivity contribution in [3.63, 3.8) is 0 Å². The van der Waals surface area contributed by atoms with Gasteiger partial charge in [-0.05, 0) is 38.4 Å². The molecule has 0 saturated carbocycles. The minimum Gasteiger partial charge on any atom is -0.419 e. The molecule has 1 N–H and O–H groups in total. The Labute approximate surface area is 133 Å². The molecule has 0 spiro atoms. The van der Waals surface area contributed by atoms with Gasteiger partial charge in [0, 0.05) is 5.56 Å². The van der Waals surface area contributed by atoms with Crippen molar-refractivity contribution in [1.29, 1.82) is 0 Å². The van der Waals surface area contributed by atoms with Crippen molar-refractivity contribution in [3.8, 4) is 11.5 Å². The average Bonchev–Trinajstić information content (AvgIpc) is 3.29. The number of nitrogens with one attached hydrogen (secondary N) is 1. The summed E-state index contributed by atoms with van der Waals surface area (Å²) in [4.78, 5) is 6.76. The number of hydrogen-bond donors (Lipinski definition) is 1. The van der Waals surface area contributed by atoms with Crippen LogP contribution >= 0.6 is 0 Å². The third-order valence-electron chi connectivity index (χ3n) is 4.10. The number of aromatic amines is 1. The Morgan fingerprint density at radius 3 is 2.91 bits per heavy atom. The Morgan fingerprint density at radius 1 is 1.26 bits per heavy atom. The van der Waals surface area contributed by atoms with Crippen LogP contribution in [-0.4, -0.2) is 36.8 Å². The van der Waals surface area contributed by atoms with E-state index in [1.165, 1.54) is 0 Å². The average molecular weight is 310 g/mol. The van der Waals surface area contributed by atoms with Gasteiger partial charge in [0.15, 0.2) is 5.82 Å². The number of rotatable bonds is 4. The normalized spacial score (nSPS) is 18.6. The van der Waals surface area contributed by atoms with Gasteiger partial charge in [0.2, 0.25) is 11.8 Å². The van der Waals surface area contributed by atoms with E-state index < -0.39 is 0 Å². The standard InChI is InChI=1S/C16H18N6O/c1-11-17-15(20-18-11)13-8-5-9-22(13)10-14-19-21-16(23-14)12-6-3-2-4-7-12/h2-4,6-7,13H,5,8-10H2,1H3,(H,17,18,20)/t13-/m1/s1. The first-order valence-corrected chi connectivity index (χ1v) is 7.80. The predicted molar refractivity (Wildman–Crippen MR) is 83.2 cm³/mol. The minimum absolute atomic E-state index is 0.215. The molecule has 0 aliphatic carbocycles. The van der Waals surface area contributed by atoms with Crippen molar-refractivity contribution in [3.05, 3.63) is 47.9 Å². The third-order valence-corrected chi connectivity index (χ3v) is 4.10. The van der Waals surface area contributed by atoms with Gasteiger partial charge in [-0.1, -0.05) is 18.2 Å². The van der Waals surface area contributed by atoms with Gasteiger partial charge in [-0.15, -0.1) is 10.2 Å². The van der Waals surface area contributed by atoms with Crippen LogP contribution in [0.3, 0.4) is 0 Å². The van der Waals surface area contributed by atoms with E-state index in [-0.39, 0.29) is 6.04 Å². The maximum atomic E-state index is 5.81. The van der Waals surface area contributed by atoms with E-state index in [0.29, 0.717) is 18.3 Å². The Balaban J connectivity index is 1.50. The summed E-state index contributed by atoms with van der Waals surface area (Å²) >= 11 is 0. The van der Waals surface area contributed by atoms with Crippen molar-refractivity contribution >= 4 is 0 Å². The zero-order chi connectivity index (χ0) is 15.6. The van der Waals surface area contributed by atoms with E-state index in [9.17, 15) is 0 Å². The van der Waals surface area contributed by atoms with E-state index in [0.717, 1.165) is 36.6 Å². The summed E-state index contributed by atoms with van der Waals surface area (Å²) in [6.07, 6.45) is 2.18. The highest BCUT2D eigenvalue weighted by Crippen LogP contribution is 2.31. The van der Waals surface area contributed by atoms with Crippen LogP contribution in [-0.2, 0) is 6.54 Å². The zero-order valence-electron chi connectivity index (χ0n) is 12.9. The predicted octanol–water partition coefficient (Wildman–Crippen LogP) is 2.50. The van der Waals surface area contributed by atoms with E-state index in [2.05, 4.69) is 30.3 Å². The summed E-state index contributed by atoms with van der Waals surface area (Å²) < 4.78 is 5.81. The highest BCUT2D eigenvalue weighted by atomic mass is 16.4. The van der Waals surface area contributed by atoms with Gasteiger partial charge in [0.25, 0.3) is 0 Å². The quantitative estimate of drug-likeness (QED) is 0.797. The fourth-order valence-corrected chi connectivity index (χ4v) is 3.01. The molecule has 2 aromatic heterocycles. The molecule has 7 nitrogen and oxygen atoms in total. The van der Waals surface area contributed by atoms with Crippen LogP contribution in [0.15, 0.2) is 34.7 Å². The van der Waals surface area contributed by atoms with Crippen LogP contribution in [0.1, 0.15) is 36.4 Å². The summed E-state index contributed by atoms with van der Waals surface area (Å²) in [6, 6.07) is 10.0. The van der Waals surface area contributed by atoms with E-state index >= 15 is 0 Å². The lowest BCUT2D eigenvalue weighted by Gasteiger charge is -2.19. The molecule has 118 valence electrons. The molecule has 4 rings (SSSR count). The smallest absolute Gasteiger partial charge is 0.247 e. The topological polar surface area (TPSA) is 83.7 Å². The lowest BCUT2D eigenvalue weighted by atomic mass is 10.2. The molecule has 1 fully saturated rings. The molecule has 0 radical (unpaired) electrons. The molecule has 1 aliphatic heterocycles. The van der Waals surface area contributed by atoms with Gasteiger partial charge in [0.05, 0.1) is 12.6 Å². The number of benzene rings is 1. The number of aromatic nitrogens is 5. The Morgan fingerprint density at radius 2 is 2.13 bits per heavy atom. The second-order valence-electron chi connectivity index (χ2n) is 5.77. The van der Waals surface area contributed by atoms with Gasteiger partial charge in [-0.2, -0.15) is 5.10 Å². The number of nitrogens with zero attached hydrogens (tertiary/aromatic N) is 5. The van der Waals surface area contributed by atoms with Crippen LogP contribution in [0.5, 0.6) is 0 Å². The molecule has 23 heavy (non-hydrogen) atoms. The largest absolute Gasteiger partial charge is 0.419 e. The van der Waals surface area contributed by atoms with Gasteiger partial charge in [-0.25, -0.2) is 4.98 Å². The van der Waals surface area contributed by atoms with Crippen LogP contribution in [0, 0.1) is 6.92 Å². The number of H-pyrrole nitrogens is 1. The number of aryl methyl sites for hydroxylation is 1. The lowest BCUT2D eigenvalue weighted by Crippen LogP contribution is -2.23. The van der Waals surface area contributed by atoms with Crippen molar-refractivity contribution in [2.24, 2.45) is 0 Å². The van der Waals surface area contributed by atoms with Crippen LogP contribution in [0.2, 0.25) is 0 Å². The first-order chi connectivity index (χ1) is 11.3. The van der Waals surface area contributed by atoms with Crippen LogP contribution in [0.4, 0.5) is 0 Å². The molecule has 7 heteroatoms. The number of hydrogen-bond acceptors (Lipinski definition) is 6. The molecule has 3 heterocycles. The van der Waals surface area contributed by atoms with E-state index in [1.807, 2.05) is 37.3 Å². The fourth-order valence-electron chi connectivity index (χ4n) is 3.01. The molecule has 3 aromatic rings. The lowest BCUT2D eigenvalue weighted by molar-refractivity contribution is 0.217. The van der Waals surface area contributed by atoms with E-state index in [4.69, 9.17) is 4.42 Å². The van der Waals surface area contributed by atoms with Gasteiger partial charge in [-0.3, -0.25) is 10.00 Å².